The number of non-ortho nitro benzene ring substituents is 1. The molecule has 0 unspecified atom stereocenters. The predicted molar refractivity (Wildman–Crippen MR) is 124 cm³/mol. The van der Waals surface area contributed by atoms with Crippen molar-refractivity contribution in [2.45, 2.75) is 13.8 Å². The number of hydrogen-bond acceptors (Lipinski definition) is 5. The quantitative estimate of drug-likeness (QED) is 0.300. The van der Waals surface area contributed by atoms with E-state index in [1.54, 1.807) is 18.2 Å². The predicted octanol–water partition coefficient (Wildman–Crippen LogP) is 6.25. The highest BCUT2D eigenvalue weighted by Gasteiger charge is 2.18. The molecule has 1 heterocycles. The van der Waals surface area contributed by atoms with Crippen molar-refractivity contribution in [1.82, 2.24) is 4.98 Å². The van der Waals surface area contributed by atoms with Crippen LogP contribution in [-0.4, -0.2) is 15.8 Å². The molecule has 0 spiro atoms. The number of anilines is 1. The summed E-state index contributed by atoms with van der Waals surface area (Å²) in [6.45, 7) is 3.90. The Morgan fingerprint density at radius 1 is 0.935 bits per heavy atom. The van der Waals surface area contributed by atoms with E-state index < -0.39 is 4.92 Å². The fourth-order valence-electron chi connectivity index (χ4n) is 3.20. The smallest absolute Gasteiger partial charge is 0.269 e. The van der Waals surface area contributed by atoms with Crippen molar-refractivity contribution < 1.29 is 9.72 Å². The lowest BCUT2D eigenvalue weighted by Crippen LogP contribution is -2.12. The Morgan fingerprint density at radius 2 is 1.58 bits per heavy atom. The number of aromatic nitrogens is 1. The number of amides is 1. The first-order chi connectivity index (χ1) is 14.9. The molecule has 0 aliphatic heterocycles. The molecule has 1 N–H and O–H groups in total. The van der Waals surface area contributed by atoms with E-state index in [-0.39, 0.29) is 11.6 Å². The standard InChI is InChI=1S/C24H19N3O3S/c1-15-7-9-18(10-8-15)22-21(17-11-13-19(14-12-17)27(29)30)25-24(31-22)26-23(28)20-6-4-3-5-16(20)2/h3-14H,1-2H3,(H,25,26,28). The van der Waals surface area contributed by atoms with Crippen LogP contribution in [0.3, 0.4) is 0 Å². The van der Waals surface area contributed by atoms with Crippen LogP contribution in [0.5, 0.6) is 0 Å². The van der Waals surface area contributed by atoms with E-state index in [2.05, 4.69) is 10.3 Å². The Hall–Kier alpha value is -3.84. The summed E-state index contributed by atoms with van der Waals surface area (Å²) in [5.74, 6) is -0.224. The molecule has 0 fully saturated rings. The van der Waals surface area contributed by atoms with Gasteiger partial charge in [0.15, 0.2) is 5.13 Å². The molecule has 0 saturated carbocycles. The Morgan fingerprint density at radius 3 is 2.23 bits per heavy atom. The van der Waals surface area contributed by atoms with Crippen molar-refractivity contribution in [3.63, 3.8) is 0 Å². The van der Waals surface area contributed by atoms with Crippen molar-refractivity contribution in [1.29, 1.82) is 0 Å². The fourth-order valence-corrected chi connectivity index (χ4v) is 4.19. The van der Waals surface area contributed by atoms with Gasteiger partial charge in [-0.3, -0.25) is 20.2 Å². The normalized spacial score (nSPS) is 10.6. The third-order valence-corrected chi connectivity index (χ3v) is 5.92. The summed E-state index contributed by atoms with van der Waals surface area (Å²) in [5.41, 5.74) is 5.00. The van der Waals surface area contributed by atoms with Gasteiger partial charge >= 0.3 is 0 Å². The van der Waals surface area contributed by atoms with E-state index in [1.165, 1.54) is 23.5 Å². The highest BCUT2D eigenvalue weighted by molar-refractivity contribution is 7.19. The SMILES string of the molecule is Cc1ccc(-c2sc(NC(=O)c3ccccc3C)nc2-c2ccc([N+](=O)[O-])cc2)cc1. The molecule has 0 atom stereocenters. The van der Waals surface area contributed by atoms with Crippen LogP contribution >= 0.6 is 11.3 Å². The molecule has 0 saturated heterocycles. The van der Waals surface area contributed by atoms with E-state index in [4.69, 9.17) is 0 Å². The summed E-state index contributed by atoms with van der Waals surface area (Å²) in [6.07, 6.45) is 0. The largest absolute Gasteiger partial charge is 0.298 e. The maximum absolute atomic E-state index is 12.8. The molecule has 0 radical (unpaired) electrons. The second kappa shape index (κ2) is 8.49. The molecule has 154 valence electrons. The van der Waals surface area contributed by atoms with Crippen LogP contribution < -0.4 is 5.32 Å². The van der Waals surface area contributed by atoms with Gasteiger partial charge in [0.05, 0.1) is 15.5 Å². The Kier molecular flexibility index (Phi) is 5.60. The van der Waals surface area contributed by atoms with E-state index in [9.17, 15) is 14.9 Å². The number of nitrogens with one attached hydrogen (secondary N) is 1. The van der Waals surface area contributed by atoms with Gasteiger partial charge in [0.1, 0.15) is 0 Å². The van der Waals surface area contributed by atoms with Crippen molar-refractivity contribution in [3.05, 3.63) is 99.6 Å². The van der Waals surface area contributed by atoms with Gasteiger partial charge in [-0.2, -0.15) is 0 Å². The first-order valence-electron chi connectivity index (χ1n) is 9.62. The number of thiazole rings is 1. The number of hydrogen-bond donors (Lipinski definition) is 1. The minimum Gasteiger partial charge on any atom is -0.298 e. The van der Waals surface area contributed by atoms with Crippen molar-refractivity contribution >= 4 is 28.1 Å². The van der Waals surface area contributed by atoms with Gasteiger partial charge in [-0.15, -0.1) is 0 Å². The number of benzene rings is 3. The van der Waals surface area contributed by atoms with Gasteiger partial charge in [0.2, 0.25) is 0 Å². The molecular formula is C24H19N3O3S. The highest BCUT2D eigenvalue weighted by atomic mass is 32.1. The fraction of sp³-hybridized carbons (Fsp3) is 0.0833. The second-order valence-electron chi connectivity index (χ2n) is 7.14. The molecule has 1 amide bonds. The van der Waals surface area contributed by atoms with Gasteiger partial charge in [-0.1, -0.05) is 59.4 Å². The molecule has 0 aliphatic carbocycles. The Balaban J connectivity index is 1.75. The maximum atomic E-state index is 12.8. The number of carbonyl (C=O) groups is 1. The lowest BCUT2D eigenvalue weighted by atomic mass is 10.1. The number of nitro benzene ring substituents is 1. The van der Waals surface area contributed by atoms with Crippen LogP contribution in [0.4, 0.5) is 10.8 Å². The van der Waals surface area contributed by atoms with Crippen molar-refractivity contribution in [2.24, 2.45) is 0 Å². The first kappa shape index (κ1) is 20.4. The molecule has 0 bridgehead atoms. The molecule has 4 aromatic rings. The summed E-state index contributed by atoms with van der Waals surface area (Å²) in [6, 6.07) is 21.7. The van der Waals surface area contributed by atoms with E-state index in [0.717, 1.165) is 27.1 Å². The van der Waals surface area contributed by atoms with Crippen LogP contribution in [0.2, 0.25) is 0 Å². The van der Waals surface area contributed by atoms with Crippen LogP contribution in [-0.2, 0) is 0 Å². The lowest BCUT2D eigenvalue weighted by Gasteiger charge is -2.04. The number of nitrogens with zero attached hydrogens (tertiary/aromatic N) is 2. The molecule has 0 aliphatic rings. The molecule has 1 aromatic heterocycles. The maximum Gasteiger partial charge on any atom is 0.269 e. The number of carbonyl (C=O) groups excluding carboxylic acids is 1. The molecule has 3 aromatic carbocycles. The molecule has 31 heavy (non-hydrogen) atoms. The summed E-state index contributed by atoms with van der Waals surface area (Å²) in [4.78, 5) is 28.9. The molecular weight excluding hydrogens is 410 g/mol. The summed E-state index contributed by atoms with van der Waals surface area (Å²) >= 11 is 1.38. The average molecular weight is 430 g/mol. The van der Waals surface area contributed by atoms with E-state index in [0.29, 0.717) is 16.4 Å². The van der Waals surface area contributed by atoms with Gasteiger partial charge in [-0.05, 0) is 43.2 Å². The zero-order chi connectivity index (χ0) is 22.0. The van der Waals surface area contributed by atoms with Crippen LogP contribution in [0.25, 0.3) is 21.7 Å². The average Bonchev–Trinajstić information content (AvgIpc) is 3.18. The molecule has 7 heteroatoms. The Bertz CT molecular complexity index is 1260. The highest BCUT2D eigenvalue weighted by Crippen LogP contribution is 2.39. The van der Waals surface area contributed by atoms with E-state index in [1.807, 2.05) is 56.3 Å². The minimum atomic E-state index is -0.431. The van der Waals surface area contributed by atoms with Crippen molar-refractivity contribution in [2.75, 3.05) is 5.32 Å². The zero-order valence-corrected chi connectivity index (χ0v) is 17.8. The summed E-state index contributed by atoms with van der Waals surface area (Å²) < 4.78 is 0. The van der Waals surface area contributed by atoms with Crippen LogP contribution in [0.1, 0.15) is 21.5 Å². The van der Waals surface area contributed by atoms with Gasteiger partial charge in [0.25, 0.3) is 11.6 Å². The molecule has 6 nitrogen and oxygen atoms in total. The summed E-state index contributed by atoms with van der Waals surface area (Å²) in [5, 5.41) is 14.4. The third kappa shape index (κ3) is 4.36. The topological polar surface area (TPSA) is 85.1 Å². The monoisotopic (exact) mass is 429 g/mol. The van der Waals surface area contributed by atoms with Crippen molar-refractivity contribution in [3.8, 4) is 21.7 Å². The number of nitro groups is 1. The first-order valence-corrected chi connectivity index (χ1v) is 10.4. The van der Waals surface area contributed by atoms with Gasteiger partial charge in [-0.25, -0.2) is 4.98 Å². The van der Waals surface area contributed by atoms with Gasteiger partial charge < -0.3 is 0 Å². The number of rotatable bonds is 5. The lowest BCUT2D eigenvalue weighted by molar-refractivity contribution is -0.384. The third-order valence-electron chi connectivity index (χ3n) is 4.90. The molecule has 4 rings (SSSR count). The number of aryl methyl sites for hydroxylation is 2. The second-order valence-corrected chi connectivity index (χ2v) is 8.13. The Labute approximate surface area is 183 Å². The summed E-state index contributed by atoms with van der Waals surface area (Å²) in [7, 11) is 0. The zero-order valence-electron chi connectivity index (χ0n) is 17.0. The van der Waals surface area contributed by atoms with Crippen LogP contribution in [0, 0.1) is 24.0 Å². The van der Waals surface area contributed by atoms with E-state index >= 15 is 0 Å². The van der Waals surface area contributed by atoms with Gasteiger partial charge in [0, 0.05) is 23.3 Å². The minimum absolute atomic E-state index is 0.0175. The van der Waals surface area contributed by atoms with Crippen LogP contribution in [0.15, 0.2) is 72.8 Å².